The second-order valence-electron chi connectivity index (χ2n) is 7.34. The molecule has 0 aliphatic carbocycles. The van der Waals surface area contributed by atoms with E-state index in [1.165, 1.54) is 5.56 Å². The Hall–Kier alpha value is -2.58. The maximum Gasteiger partial charge on any atom is 0.232 e. The van der Waals surface area contributed by atoms with Gasteiger partial charge in [-0.3, -0.25) is 9.55 Å². The highest BCUT2D eigenvalue weighted by Gasteiger charge is 2.23. The van der Waals surface area contributed by atoms with Gasteiger partial charge in [-0.1, -0.05) is 30.0 Å². The van der Waals surface area contributed by atoms with Gasteiger partial charge >= 0.3 is 0 Å². The molecular formula is C22H27N5O2S. The molecule has 0 radical (unpaired) electrons. The molecule has 1 aliphatic heterocycles. The number of benzene rings is 1. The molecule has 30 heavy (non-hydrogen) atoms. The number of para-hydroxylation sites is 1. The van der Waals surface area contributed by atoms with Crippen LogP contribution in [0.3, 0.4) is 0 Å². The monoisotopic (exact) mass is 425 g/mol. The molecule has 0 spiro atoms. The molecule has 0 atom stereocenters. The van der Waals surface area contributed by atoms with Crippen molar-refractivity contribution in [3.05, 3.63) is 52.8 Å². The molecule has 0 bridgehead atoms. The first-order valence-corrected chi connectivity index (χ1v) is 11.0. The zero-order valence-electron chi connectivity index (χ0n) is 17.9. The van der Waals surface area contributed by atoms with Crippen LogP contribution in [0.15, 0.2) is 35.6 Å². The van der Waals surface area contributed by atoms with Gasteiger partial charge in [-0.05, 0) is 32.4 Å². The summed E-state index contributed by atoms with van der Waals surface area (Å²) in [6.45, 7) is 9.21. The minimum absolute atomic E-state index is 0.690. The fourth-order valence-electron chi connectivity index (χ4n) is 3.70. The standard InChI is InChI=1S/C22H27N5O2S/c1-15-7-5-6-8-19(15)27-21(26-9-11-29-12-10-26)24-25-22(27)30-14-18-17(3)20(28-4)16(2)13-23-18/h5-8,13H,9-12,14H2,1-4H3. The van der Waals surface area contributed by atoms with Crippen molar-refractivity contribution < 1.29 is 9.47 Å². The molecule has 1 fully saturated rings. The normalized spacial score (nSPS) is 14.2. The van der Waals surface area contributed by atoms with Crippen molar-refractivity contribution in [2.75, 3.05) is 38.3 Å². The summed E-state index contributed by atoms with van der Waals surface area (Å²) in [7, 11) is 1.70. The van der Waals surface area contributed by atoms with E-state index >= 15 is 0 Å². The summed E-state index contributed by atoms with van der Waals surface area (Å²) < 4.78 is 13.2. The van der Waals surface area contributed by atoms with Crippen molar-refractivity contribution in [3.63, 3.8) is 0 Å². The van der Waals surface area contributed by atoms with Gasteiger partial charge in [0.25, 0.3) is 0 Å². The van der Waals surface area contributed by atoms with Crippen molar-refractivity contribution in [1.29, 1.82) is 0 Å². The molecule has 158 valence electrons. The highest BCUT2D eigenvalue weighted by atomic mass is 32.2. The number of hydrogen-bond donors (Lipinski definition) is 0. The largest absolute Gasteiger partial charge is 0.496 e. The predicted octanol–water partition coefficient (Wildman–Crippen LogP) is 3.73. The number of pyridine rings is 1. The summed E-state index contributed by atoms with van der Waals surface area (Å²) in [5.74, 6) is 2.45. The Morgan fingerprint density at radius 3 is 2.57 bits per heavy atom. The fourth-order valence-corrected chi connectivity index (χ4v) is 4.66. The second kappa shape index (κ2) is 9.06. The van der Waals surface area contributed by atoms with Crippen molar-refractivity contribution in [2.24, 2.45) is 0 Å². The number of hydrogen-bond acceptors (Lipinski definition) is 7. The second-order valence-corrected chi connectivity index (χ2v) is 8.28. The topological polar surface area (TPSA) is 65.3 Å². The molecule has 0 N–H and O–H groups in total. The Morgan fingerprint density at radius 1 is 1.07 bits per heavy atom. The van der Waals surface area contributed by atoms with Gasteiger partial charge in [0.2, 0.25) is 5.95 Å². The van der Waals surface area contributed by atoms with Gasteiger partial charge in [0, 0.05) is 36.2 Å². The van der Waals surface area contributed by atoms with E-state index in [-0.39, 0.29) is 0 Å². The Kier molecular flexibility index (Phi) is 6.24. The molecule has 4 rings (SSSR count). The van der Waals surface area contributed by atoms with Crippen LogP contribution in [0, 0.1) is 20.8 Å². The van der Waals surface area contributed by atoms with Crippen LogP contribution in [0.4, 0.5) is 5.95 Å². The van der Waals surface area contributed by atoms with Crippen molar-refractivity contribution in [3.8, 4) is 11.4 Å². The minimum atomic E-state index is 0.690. The lowest BCUT2D eigenvalue weighted by Gasteiger charge is -2.28. The molecule has 8 heteroatoms. The molecule has 1 aliphatic rings. The molecule has 0 unspecified atom stereocenters. The van der Waals surface area contributed by atoms with Gasteiger partial charge in [0.05, 0.1) is 31.7 Å². The molecule has 0 amide bonds. The molecule has 0 saturated carbocycles. The van der Waals surface area contributed by atoms with E-state index in [0.29, 0.717) is 19.0 Å². The van der Waals surface area contributed by atoms with E-state index in [4.69, 9.17) is 9.47 Å². The van der Waals surface area contributed by atoms with Gasteiger partial charge in [-0.2, -0.15) is 0 Å². The predicted molar refractivity (Wildman–Crippen MR) is 119 cm³/mol. The van der Waals surface area contributed by atoms with E-state index < -0.39 is 0 Å². The van der Waals surface area contributed by atoms with Crippen LogP contribution in [0.25, 0.3) is 5.69 Å². The highest BCUT2D eigenvalue weighted by Crippen LogP contribution is 2.32. The smallest absolute Gasteiger partial charge is 0.232 e. The lowest BCUT2D eigenvalue weighted by Crippen LogP contribution is -2.38. The summed E-state index contributed by atoms with van der Waals surface area (Å²) in [5.41, 5.74) is 5.38. The minimum Gasteiger partial charge on any atom is -0.496 e. The quantitative estimate of drug-likeness (QED) is 0.558. The number of anilines is 1. The maximum absolute atomic E-state index is 5.56. The van der Waals surface area contributed by atoms with Crippen LogP contribution in [-0.4, -0.2) is 53.2 Å². The number of aromatic nitrogens is 4. The van der Waals surface area contributed by atoms with E-state index in [1.807, 2.05) is 13.1 Å². The Morgan fingerprint density at radius 2 is 1.83 bits per heavy atom. The van der Waals surface area contributed by atoms with Crippen molar-refractivity contribution in [1.82, 2.24) is 19.7 Å². The number of aryl methyl sites for hydroxylation is 2. The Balaban J connectivity index is 1.68. The Bertz CT molecular complexity index is 1030. The molecular weight excluding hydrogens is 398 g/mol. The molecule has 3 aromatic rings. The van der Waals surface area contributed by atoms with Gasteiger partial charge in [0.15, 0.2) is 5.16 Å². The lowest BCUT2D eigenvalue weighted by molar-refractivity contribution is 0.122. The van der Waals surface area contributed by atoms with E-state index in [2.05, 4.69) is 62.8 Å². The van der Waals surface area contributed by atoms with Crippen LogP contribution in [-0.2, 0) is 10.5 Å². The number of rotatable bonds is 6. The summed E-state index contributed by atoms with van der Waals surface area (Å²) in [6.07, 6.45) is 1.87. The van der Waals surface area contributed by atoms with Crippen molar-refractivity contribution >= 4 is 17.7 Å². The number of morpholine rings is 1. The first kappa shape index (κ1) is 20.7. The maximum atomic E-state index is 5.56. The third kappa shape index (κ3) is 4.02. The molecule has 3 heterocycles. The number of methoxy groups -OCH3 is 1. The third-order valence-corrected chi connectivity index (χ3v) is 6.29. The van der Waals surface area contributed by atoms with Crippen LogP contribution < -0.4 is 9.64 Å². The number of ether oxygens (including phenoxy) is 2. The summed E-state index contributed by atoms with van der Waals surface area (Å²) >= 11 is 1.64. The Labute approximate surface area is 181 Å². The van der Waals surface area contributed by atoms with Crippen LogP contribution in [0.1, 0.15) is 22.4 Å². The molecule has 7 nitrogen and oxygen atoms in total. The zero-order chi connectivity index (χ0) is 21.1. The van der Waals surface area contributed by atoms with E-state index in [0.717, 1.165) is 52.5 Å². The fraction of sp³-hybridized carbons (Fsp3) is 0.409. The summed E-state index contributed by atoms with van der Waals surface area (Å²) in [6, 6.07) is 8.33. The van der Waals surface area contributed by atoms with Gasteiger partial charge < -0.3 is 14.4 Å². The van der Waals surface area contributed by atoms with Gasteiger partial charge in [-0.25, -0.2) is 0 Å². The average molecular weight is 426 g/mol. The molecule has 1 saturated heterocycles. The number of nitrogens with zero attached hydrogens (tertiary/aromatic N) is 5. The zero-order valence-corrected chi connectivity index (χ0v) is 18.7. The SMILES string of the molecule is COc1c(C)cnc(CSc2nnc(N3CCOCC3)n2-c2ccccc2C)c1C. The first-order chi connectivity index (χ1) is 14.6. The lowest BCUT2D eigenvalue weighted by atomic mass is 10.1. The van der Waals surface area contributed by atoms with Crippen LogP contribution in [0.5, 0.6) is 5.75 Å². The molecule has 1 aromatic carbocycles. The summed E-state index contributed by atoms with van der Waals surface area (Å²) in [5, 5.41) is 9.96. The van der Waals surface area contributed by atoms with Crippen LogP contribution in [0.2, 0.25) is 0 Å². The average Bonchev–Trinajstić information content (AvgIpc) is 3.18. The van der Waals surface area contributed by atoms with Crippen molar-refractivity contribution in [2.45, 2.75) is 31.7 Å². The molecule has 2 aromatic heterocycles. The van der Waals surface area contributed by atoms with Gasteiger partial charge in [0.1, 0.15) is 5.75 Å². The first-order valence-electron chi connectivity index (χ1n) is 10.1. The van der Waals surface area contributed by atoms with Crippen LogP contribution >= 0.6 is 11.8 Å². The summed E-state index contributed by atoms with van der Waals surface area (Å²) in [4.78, 5) is 6.87. The van der Waals surface area contributed by atoms with E-state index in [9.17, 15) is 0 Å². The van der Waals surface area contributed by atoms with Gasteiger partial charge in [-0.15, -0.1) is 10.2 Å². The highest BCUT2D eigenvalue weighted by molar-refractivity contribution is 7.98. The van der Waals surface area contributed by atoms with E-state index in [1.54, 1.807) is 18.9 Å². The number of thioether (sulfide) groups is 1. The third-order valence-electron chi connectivity index (χ3n) is 5.35.